The van der Waals surface area contributed by atoms with E-state index >= 15 is 0 Å². The van der Waals surface area contributed by atoms with E-state index in [0.717, 1.165) is 11.3 Å². The summed E-state index contributed by atoms with van der Waals surface area (Å²) in [6.07, 6.45) is -2.43. The first-order valence-electron chi connectivity index (χ1n) is 4.50. The fourth-order valence-electron chi connectivity index (χ4n) is 1.11. The number of esters is 1. The molecule has 1 aromatic heterocycles. The van der Waals surface area contributed by atoms with Crippen LogP contribution in [0.2, 0.25) is 0 Å². The molecule has 0 aromatic carbocycles. The van der Waals surface area contributed by atoms with Gasteiger partial charge in [-0.15, -0.1) is 0 Å². The number of hydrogen-bond acceptors (Lipinski definition) is 5. The Kier molecular flexibility index (Phi) is 4.17. The lowest BCUT2D eigenvalue weighted by atomic mass is 10.4. The van der Waals surface area contributed by atoms with Gasteiger partial charge in [0, 0.05) is 7.05 Å². The van der Waals surface area contributed by atoms with Crippen LogP contribution in [-0.4, -0.2) is 38.1 Å². The van der Waals surface area contributed by atoms with Gasteiger partial charge in [-0.1, -0.05) is 11.3 Å². The van der Waals surface area contributed by atoms with Crippen molar-refractivity contribution in [3.63, 3.8) is 0 Å². The standard InChI is InChI=1S/C9H12F2N2O2S/c1-5-7(8(14)15-3)16-9(12-5)13(2)4-6(10)11/h6H,4H2,1-3H3. The molecule has 1 heterocycles. The Morgan fingerprint density at radius 2 is 2.25 bits per heavy atom. The van der Waals surface area contributed by atoms with Crippen molar-refractivity contribution in [3.8, 4) is 0 Å². The van der Waals surface area contributed by atoms with Crippen LogP contribution in [0, 0.1) is 6.92 Å². The van der Waals surface area contributed by atoms with Crippen LogP contribution in [-0.2, 0) is 4.74 Å². The summed E-state index contributed by atoms with van der Waals surface area (Å²) in [5.74, 6) is -0.494. The zero-order chi connectivity index (χ0) is 12.3. The third-order valence-corrected chi connectivity index (χ3v) is 3.15. The Bertz CT molecular complexity index is 382. The summed E-state index contributed by atoms with van der Waals surface area (Å²) in [5, 5.41) is 0.387. The maximum atomic E-state index is 12.1. The van der Waals surface area contributed by atoms with Gasteiger partial charge in [0.1, 0.15) is 4.88 Å². The topological polar surface area (TPSA) is 42.4 Å². The summed E-state index contributed by atoms with van der Waals surface area (Å²) in [6, 6.07) is 0. The smallest absolute Gasteiger partial charge is 0.350 e. The largest absolute Gasteiger partial charge is 0.465 e. The van der Waals surface area contributed by atoms with Crippen LogP contribution in [0.3, 0.4) is 0 Å². The third kappa shape index (κ3) is 2.88. The summed E-state index contributed by atoms with van der Waals surface area (Å²) in [6.45, 7) is 1.23. The van der Waals surface area contributed by atoms with Crippen molar-refractivity contribution in [2.45, 2.75) is 13.3 Å². The minimum absolute atomic E-state index is 0.346. The molecule has 0 radical (unpaired) electrons. The minimum Gasteiger partial charge on any atom is -0.465 e. The lowest BCUT2D eigenvalue weighted by Crippen LogP contribution is -2.23. The van der Waals surface area contributed by atoms with E-state index < -0.39 is 18.9 Å². The molecule has 0 aliphatic carbocycles. The zero-order valence-corrected chi connectivity index (χ0v) is 9.98. The molecule has 0 amide bonds. The molecule has 7 heteroatoms. The number of thiazole rings is 1. The molecule has 1 rings (SSSR count). The molecular weight excluding hydrogens is 238 g/mol. The van der Waals surface area contributed by atoms with Crippen molar-refractivity contribution in [2.75, 3.05) is 25.6 Å². The highest BCUT2D eigenvalue weighted by Gasteiger charge is 2.19. The van der Waals surface area contributed by atoms with Gasteiger partial charge in [-0.25, -0.2) is 18.6 Å². The Morgan fingerprint density at radius 3 is 2.75 bits per heavy atom. The monoisotopic (exact) mass is 250 g/mol. The molecular formula is C9H12F2N2O2S. The van der Waals surface area contributed by atoms with Crippen LogP contribution < -0.4 is 4.90 Å². The highest BCUT2D eigenvalue weighted by atomic mass is 32.1. The van der Waals surface area contributed by atoms with E-state index in [2.05, 4.69) is 9.72 Å². The predicted molar refractivity (Wildman–Crippen MR) is 57.5 cm³/mol. The maximum absolute atomic E-state index is 12.1. The molecule has 0 N–H and O–H groups in total. The highest BCUT2D eigenvalue weighted by Crippen LogP contribution is 2.26. The number of aromatic nitrogens is 1. The second-order valence-corrected chi connectivity index (χ2v) is 4.15. The van der Waals surface area contributed by atoms with Crippen LogP contribution >= 0.6 is 11.3 Å². The van der Waals surface area contributed by atoms with Crippen LogP contribution in [0.1, 0.15) is 15.4 Å². The van der Waals surface area contributed by atoms with Crippen molar-refractivity contribution in [2.24, 2.45) is 0 Å². The van der Waals surface area contributed by atoms with Crippen LogP contribution in [0.15, 0.2) is 0 Å². The Labute approximate surface area is 95.8 Å². The van der Waals surface area contributed by atoms with E-state index in [1.54, 1.807) is 6.92 Å². The quantitative estimate of drug-likeness (QED) is 0.766. The average Bonchev–Trinajstić information content (AvgIpc) is 2.58. The summed E-state index contributed by atoms with van der Waals surface area (Å²) >= 11 is 1.05. The van der Waals surface area contributed by atoms with Gasteiger partial charge in [-0.05, 0) is 6.92 Å². The van der Waals surface area contributed by atoms with E-state index in [9.17, 15) is 13.6 Å². The number of carbonyl (C=O) groups is 1. The number of carbonyl (C=O) groups excluding carboxylic acids is 1. The number of halogens is 2. The van der Waals surface area contributed by atoms with Crippen molar-refractivity contribution in [1.29, 1.82) is 0 Å². The van der Waals surface area contributed by atoms with Crippen LogP contribution in [0.25, 0.3) is 0 Å². The van der Waals surface area contributed by atoms with Crippen molar-refractivity contribution in [3.05, 3.63) is 10.6 Å². The van der Waals surface area contributed by atoms with Crippen molar-refractivity contribution < 1.29 is 18.3 Å². The molecule has 90 valence electrons. The third-order valence-electron chi connectivity index (χ3n) is 1.89. The zero-order valence-electron chi connectivity index (χ0n) is 9.16. The number of anilines is 1. The number of methoxy groups -OCH3 is 1. The molecule has 0 unspecified atom stereocenters. The summed E-state index contributed by atoms with van der Waals surface area (Å²) in [7, 11) is 2.77. The fraction of sp³-hybridized carbons (Fsp3) is 0.556. The average molecular weight is 250 g/mol. The number of ether oxygens (including phenoxy) is 1. The number of nitrogens with zero attached hydrogens (tertiary/aromatic N) is 2. The second-order valence-electron chi connectivity index (χ2n) is 3.17. The number of aryl methyl sites for hydroxylation is 1. The molecule has 0 aliphatic heterocycles. The summed E-state index contributed by atoms with van der Waals surface area (Å²) < 4.78 is 28.8. The molecule has 0 bridgehead atoms. The summed E-state index contributed by atoms with van der Waals surface area (Å²) in [5.41, 5.74) is 0.493. The first-order valence-corrected chi connectivity index (χ1v) is 5.32. The Hall–Kier alpha value is -1.24. The lowest BCUT2D eigenvalue weighted by molar-refractivity contribution is 0.0605. The molecule has 1 aromatic rings. The molecule has 0 fully saturated rings. The van der Waals surface area contributed by atoms with Crippen molar-refractivity contribution >= 4 is 22.4 Å². The molecule has 4 nitrogen and oxygen atoms in total. The normalized spacial score (nSPS) is 10.6. The number of hydrogen-bond donors (Lipinski definition) is 0. The van der Waals surface area contributed by atoms with Gasteiger partial charge in [0.05, 0.1) is 19.3 Å². The molecule has 16 heavy (non-hydrogen) atoms. The molecule has 0 aliphatic rings. The first kappa shape index (κ1) is 12.8. The maximum Gasteiger partial charge on any atom is 0.350 e. The van der Waals surface area contributed by atoms with E-state index in [-0.39, 0.29) is 0 Å². The van der Waals surface area contributed by atoms with Crippen LogP contribution in [0.5, 0.6) is 0 Å². The molecule has 0 atom stereocenters. The Balaban J connectivity index is 2.87. The lowest BCUT2D eigenvalue weighted by Gasteiger charge is -2.14. The number of rotatable bonds is 4. The second kappa shape index (κ2) is 5.20. The Morgan fingerprint density at radius 1 is 1.62 bits per heavy atom. The van der Waals surface area contributed by atoms with Gasteiger partial charge >= 0.3 is 5.97 Å². The van der Waals surface area contributed by atoms with Crippen LogP contribution in [0.4, 0.5) is 13.9 Å². The van der Waals surface area contributed by atoms with Crippen molar-refractivity contribution in [1.82, 2.24) is 4.98 Å². The van der Waals surface area contributed by atoms with E-state index in [4.69, 9.17) is 0 Å². The van der Waals surface area contributed by atoms with Gasteiger partial charge in [0.25, 0.3) is 6.43 Å². The predicted octanol–water partition coefficient (Wildman–Crippen LogP) is 1.94. The number of alkyl halides is 2. The minimum atomic E-state index is -2.43. The van der Waals surface area contributed by atoms with Gasteiger partial charge < -0.3 is 9.64 Å². The van der Waals surface area contributed by atoms with Gasteiger partial charge in [-0.2, -0.15) is 0 Å². The van der Waals surface area contributed by atoms with Gasteiger partial charge in [0.15, 0.2) is 5.13 Å². The van der Waals surface area contributed by atoms with Gasteiger partial charge in [0.2, 0.25) is 0 Å². The van der Waals surface area contributed by atoms with E-state index in [0.29, 0.717) is 15.7 Å². The molecule has 0 saturated heterocycles. The molecule has 0 saturated carbocycles. The fourth-order valence-corrected chi connectivity index (χ4v) is 2.07. The van der Waals surface area contributed by atoms with Gasteiger partial charge in [-0.3, -0.25) is 0 Å². The first-order chi connectivity index (χ1) is 7.45. The summed E-state index contributed by atoms with van der Waals surface area (Å²) in [4.78, 5) is 17.0. The SMILES string of the molecule is COC(=O)c1sc(N(C)CC(F)F)nc1C. The highest BCUT2D eigenvalue weighted by molar-refractivity contribution is 7.17. The van der Waals surface area contributed by atoms with E-state index in [1.165, 1.54) is 19.1 Å². The van der Waals surface area contributed by atoms with E-state index in [1.807, 2.05) is 0 Å². The molecule has 0 spiro atoms.